The second-order valence-corrected chi connectivity index (χ2v) is 6.14. The molecule has 1 amide bonds. The van der Waals surface area contributed by atoms with Crippen LogP contribution in [0.4, 0.5) is 0 Å². The van der Waals surface area contributed by atoms with Gasteiger partial charge in [-0.05, 0) is 32.8 Å². The highest BCUT2D eigenvalue weighted by Gasteiger charge is 2.29. The van der Waals surface area contributed by atoms with Crippen molar-refractivity contribution in [3.05, 3.63) is 23.0 Å². The predicted octanol–water partition coefficient (Wildman–Crippen LogP) is 3.10. The van der Waals surface area contributed by atoms with Crippen molar-refractivity contribution in [2.45, 2.75) is 51.6 Å². The lowest BCUT2D eigenvalue weighted by atomic mass is 10.2. The van der Waals surface area contributed by atoms with Crippen LogP contribution >= 0.6 is 11.6 Å². The number of aliphatic hydroxyl groups is 1. The average molecular weight is 299 g/mol. The summed E-state index contributed by atoms with van der Waals surface area (Å²) in [4.78, 5) is 14.6. The molecule has 1 fully saturated rings. The van der Waals surface area contributed by atoms with Gasteiger partial charge in [-0.1, -0.05) is 24.4 Å². The smallest absolute Gasteiger partial charge is 0.270 e. The molecule has 0 unspecified atom stereocenters. The molecule has 1 aliphatic carbocycles. The fourth-order valence-electron chi connectivity index (χ4n) is 2.96. The molecule has 1 aromatic rings. The maximum Gasteiger partial charge on any atom is 0.270 e. The highest BCUT2D eigenvalue weighted by molar-refractivity contribution is 6.31. The summed E-state index contributed by atoms with van der Waals surface area (Å²) in [7, 11) is 0. The van der Waals surface area contributed by atoms with Gasteiger partial charge in [0, 0.05) is 24.8 Å². The number of amides is 1. The standard InChI is InChI=1S/C15H23ClN2O2/c1-11(2)18-10-12(16)9-14(18)15(20)17(7-8-19)13-5-3-4-6-13/h9-11,13,19H,3-8H2,1-2H3. The molecule has 0 aliphatic heterocycles. The number of halogens is 1. The number of aliphatic hydroxyl groups excluding tert-OH is 1. The molecule has 1 aromatic heterocycles. The summed E-state index contributed by atoms with van der Waals surface area (Å²) in [6.45, 7) is 4.45. The van der Waals surface area contributed by atoms with E-state index in [4.69, 9.17) is 11.6 Å². The molecule has 2 rings (SSSR count). The second kappa shape index (κ2) is 6.64. The van der Waals surface area contributed by atoms with Gasteiger partial charge in [0.25, 0.3) is 5.91 Å². The summed E-state index contributed by atoms with van der Waals surface area (Å²) < 4.78 is 1.91. The molecule has 4 nitrogen and oxygen atoms in total. The van der Waals surface area contributed by atoms with Gasteiger partial charge in [-0.3, -0.25) is 4.79 Å². The molecular formula is C15H23ClN2O2. The Labute approximate surface area is 125 Å². The Morgan fingerprint density at radius 3 is 2.70 bits per heavy atom. The maximum absolute atomic E-state index is 12.8. The van der Waals surface area contributed by atoms with E-state index in [1.165, 1.54) is 0 Å². The minimum atomic E-state index is -0.0217. The third kappa shape index (κ3) is 3.18. The van der Waals surface area contributed by atoms with Crippen LogP contribution in [0.1, 0.15) is 56.1 Å². The summed E-state index contributed by atoms with van der Waals surface area (Å²) in [5.41, 5.74) is 0.616. The Hall–Kier alpha value is -1.00. The highest BCUT2D eigenvalue weighted by atomic mass is 35.5. The van der Waals surface area contributed by atoms with Crippen LogP contribution in [0.15, 0.2) is 12.3 Å². The van der Waals surface area contributed by atoms with E-state index < -0.39 is 0 Å². The first-order valence-electron chi connectivity index (χ1n) is 7.33. The van der Waals surface area contributed by atoms with Crippen LogP contribution in [0.5, 0.6) is 0 Å². The van der Waals surface area contributed by atoms with Crippen LogP contribution in [0.2, 0.25) is 5.02 Å². The molecule has 0 spiro atoms. The lowest BCUT2D eigenvalue weighted by molar-refractivity contribution is 0.0625. The van der Waals surface area contributed by atoms with Gasteiger partial charge in [-0.25, -0.2) is 0 Å². The van der Waals surface area contributed by atoms with Crippen LogP contribution in [-0.2, 0) is 0 Å². The Morgan fingerprint density at radius 1 is 1.50 bits per heavy atom. The first kappa shape index (κ1) is 15.4. The normalized spacial score (nSPS) is 16.1. The van der Waals surface area contributed by atoms with Gasteiger partial charge in [0.05, 0.1) is 11.6 Å². The number of carbonyl (C=O) groups excluding carboxylic acids is 1. The van der Waals surface area contributed by atoms with Gasteiger partial charge in [0.15, 0.2) is 0 Å². The topological polar surface area (TPSA) is 45.5 Å². The van der Waals surface area contributed by atoms with Crippen molar-refractivity contribution in [2.24, 2.45) is 0 Å². The van der Waals surface area contributed by atoms with E-state index in [1.54, 1.807) is 12.3 Å². The molecular weight excluding hydrogens is 276 g/mol. The van der Waals surface area contributed by atoms with Crippen molar-refractivity contribution in [3.8, 4) is 0 Å². The largest absolute Gasteiger partial charge is 0.395 e. The summed E-state index contributed by atoms with van der Waals surface area (Å²) >= 11 is 6.05. The Bertz CT molecular complexity index is 464. The van der Waals surface area contributed by atoms with E-state index in [0.29, 0.717) is 17.3 Å². The van der Waals surface area contributed by atoms with E-state index in [0.717, 1.165) is 25.7 Å². The number of rotatable bonds is 5. The Kier molecular flexibility index (Phi) is 5.11. The quantitative estimate of drug-likeness (QED) is 0.908. The van der Waals surface area contributed by atoms with Gasteiger partial charge >= 0.3 is 0 Å². The molecule has 1 aliphatic rings. The van der Waals surface area contributed by atoms with E-state index in [1.807, 2.05) is 23.3 Å². The number of carbonyl (C=O) groups is 1. The average Bonchev–Trinajstić information content (AvgIpc) is 3.04. The Morgan fingerprint density at radius 2 is 2.15 bits per heavy atom. The van der Waals surface area contributed by atoms with E-state index in [9.17, 15) is 9.90 Å². The fourth-order valence-corrected chi connectivity index (χ4v) is 3.17. The van der Waals surface area contributed by atoms with Crippen molar-refractivity contribution >= 4 is 17.5 Å². The zero-order valence-electron chi connectivity index (χ0n) is 12.2. The van der Waals surface area contributed by atoms with Crippen molar-refractivity contribution in [1.29, 1.82) is 0 Å². The second-order valence-electron chi connectivity index (χ2n) is 5.71. The Balaban J connectivity index is 2.26. The summed E-state index contributed by atoms with van der Waals surface area (Å²) in [6.07, 6.45) is 6.17. The van der Waals surface area contributed by atoms with Crippen molar-refractivity contribution in [2.75, 3.05) is 13.2 Å². The molecule has 0 saturated heterocycles. The van der Waals surface area contributed by atoms with Crippen molar-refractivity contribution in [3.63, 3.8) is 0 Å². The summed E-state index contributed by atoms with van der Waals surface area (Å²) in [6, 6.07) is 2.16. The molecule has 1 N–H and O–H groups in total. The molecule has 0 radical (unpaired) electrons. The van der Waals surface area contributed by atoms with E-state index >= 15 is 0 Å². The first-order valence-corrected chi connectivity index (χ1v) is 7.71. The fraction of sp³-hybridized carbons (Fsp3) is 0.667. The SMILES string of the molecule is CC(C)n1cc(Cl)cc1C(=O)N(CCO)C1CCCC1. The number of nitrogens with zero attached hydrogens (tertiary/aromatic N) is 2. The predicted molar refractivity (Wildman–Crippen MR) is 80.2 cm³/mol. The molecule has 0 atom stereocenters. The summed E-state index contributed by atoms with van der Waals surface area (Å²) in [5, 5.41) is 9.83. The molecule has 1 saturated carbocycles. The van der Waals surface area contributed by atoms with Crippen molar-refractivity contribution < 1.29 is 9.90 Å². The number of hydrogen-bond donors (Lipinski definition) is 1. The molecule has 0 bridgehead atoms. The van der Waals surface area contributed by atoms with Crippen LogP contribution in [0, 0.1) is 0 Å². The van der Waals surface area contributed by atoms with E-state index in [2.05, 4.69) is 0 Å². The van der Waals surface area contributed by atoms with Gasteiger partial charge in [0.2, 0.25) is 0 Å². The minimum Gasteiger partial charge on any atom is -0.395 e. The van der Waals surface area contributed by atoms with Gasteiger partial charge < -0.3 is 14.6 Å². The zero-order chi connectivity index (χ0) is 14.7. The van der Waals surface area contributed by atoms with Crippen molar-refractivity contribution in [1.82, 2.24) is 9.47 Å². The lowest BCUT2D eigenvalue weighted by Gasteiger charge is -2.29. The van der Waals surface area contributed by atoms with Gasteiger partial charge in [-0.2, -0.15) is 0 Å². The molecule has 0 aromatic carbocycles. The number of hydrogen-bond acceptors (Lipinski definition) is 2. The molecule has 1 heterocycles. The third-order valence-electron chi connectivity index (χ3n) is 3.96. The molecule has 5 heteroatoms. The van der Waals surface area contributed by atoms with Crippen LogP contribution < -0.4 is 0 Å². The minimum absolute atomic E-state index is 0.00163. The van der Waals surface area contributed by atoms with E-state index in [-0.39, 0.29) is 24.6 Å². The molecule has 112 valence electrons. The van der Waals surface area contributed by atoms with Crippen LogP contribution in [-0.4, -0.2) is 39.7 Å². The molecule has 20 heavy (non-hydrogen) atoms. The lowest BCUT2D eigenvalue weighted by Crippen LogP contribution is -2.41. The number of aromatic nitrogens is 1. The highest BCUT2D eigenvalue weighted by Crippen LogP contribution is 2.26. The van der Waals surface area contributed by atoms with Crippen LogP contribution in [0.3, 0.4) is 0 Å². The third-order valence-corrected chi connectivity index (χ3v) is 4.16. The van der Waals surface area contributed by atoms with Gasteiger partial charge in [0.1, 0.15) is 5.69 Å². The monoisotopic (exact) mass is 298 g/mol. The first-order chi connectivity index (χ1) is 9.54. The zero-order valence-corrected chi connectivity index (χ0v) is 12.9. The van der Waals surface area contributed by atoms with Crippen LogP contribution in [0.25, 0.3) is 0 Å². The maximum atomic E-state index is 12.8. The van der Waals surface area contributed by atoms with Gasteiger partial charge in [-0.15, -0.1) is 0 Å². The summed E-state index contributed by atoms with van der Waals surface area (Å²) in [5.74, 6) is -0.0217.